The Morgan fingerprint density at radius 3 is 3.08 bits per heavy atom. The Morgan fingerprint density at radius 2 is 2.46 bits per heavy atom. The number of rotatable bonds is 1. The highest BCUT2D eigenvalue weighted by atomic mass is 79.9. The number of nitrogens with zero attached hydrogens (tertiary/aromatic N) is 2. The second kappa shape index (κ2) is 3.33. The minimum atomic E-state index is -0.0492. The van der Waals surface area contributed by atoms with Crippen molar-refractivity contribution in [3.8, 4) is 0 Å². The SMILES string of the molecule is O=C1NCCN1c1ccncc1Br. The van der Waals surface area contributed by atoms with Crippen molar-refractivity contribution in [1.29, 1.82) is 0 Å². The van der Waals surface area contributed by atoms with Gasteiger partial charge in [-0.1, -0.05) is 0 Å². The van der Waals surface area contributed by atoms with Crippen LogP contribution in [-0.4, -0.2) is 24.1 Å². The molecule has 2 rings (SSSR count). The van der Waals surface area contributed by atoms with Gasteiger partial charge in [0.1, 0.15) is 0 Å². The fourth-order valence-electron chi connectivity index (χ4n) is 1.29. The molecule has 0 aliphatic carbocycles. The van der Waals surface area contributed by atoms with Gasteiger partial charge in [0.05, 0.1) is 10.2 Å². The molecule has 1 aliphatic heterocycles. The zero-order valence-corrected chi connectivity index (χ0v) is 8.41. The van der Waals surface area contributed by atoms with E-state index in [1.54, 1.807) is 17.3 Å². The van der Waals surface area contributed by atoms with E-state index in [4.69, 9.17) is 0 Å². The molecule has 0 spiro atoms. The molecule has 4 nitrogen and oxygen atoms in total. The number of aromatic nitrogens is 1. The van der Waals surface area contributed by atoms with Crippen LogP contribution in [0, 0.1) is 0 Å². The van der Waals surface area contributed by atoms with Crippen molar-refractivity contribution in [1.82, 2.24) is 10.3 Å². The minimum Gasteiger partial charge on any atom is -0.336 e. The fourth-order valence-corrected chi connectivity index (χ4v) is 1.75. The van der Waals surface area contributed by atoms with E-state index in [0.717, 1.165) is 10.2 Å². The van der Waals surface area contributed by atoms with Crippen LogP contribution in [0.3, 0.4) is 0 Å². The van der Waals surface area contributed by atoms with Gasteiger partial charge in [-0.3, -0.25) is 9.88 Å². The van der Waals surface area contributed by atoms with Crippen molar-refractivity contribution in [3.63, 3.8) is 0 Å². The molecule has 0 bridgehead atoms. The van der Waals surface area contributed by atoms with Gasteiger partial charge in [0, 0.05) is 25.5 Å². The van der Waals surface area contributed by atoms with E-state index in [1.165, 1.54) is 0 Å². The second-order valence-corrected chi connectivity index (χ2v) is 3.56. The maximum atomic E-state index is 11.3. The summed E-state index contributed by atoms with van der Waals surface area (Å²) >= 11 is 3.35. The molecule has 0 unspecified atom stereocenters. The lowest BCUT2D eigenvalue weighted by Gasteiger charge is -2.14. The third-order valence-electron chi connectivity index (χ3n) is 1.90. The summed E-state index contributed by atoms with van der Waals surface area (Å²) in [5.41, 5.74) is 0.866. The maximum absolute atomic E-state index is 11.3. The molecule has 1 aromatic heterocycles. The van der Waals surface area contributed by atoms with Gasteiger partial charge >= 0.3 is 6.03 Å². The molecular weight excluding hydrogens is 234 g/mol. The first-order valence-corrected chi connectivity index (χ1v) is 4.73. The molecule has 0 aromatic carbocycles. The Kier molecular flexibility index (Phi) is 2.18. The lowest BCUT2D eigenvalue weighted by Crippen LogP contribution is -2.27. The summed E-state index contributed by atoms with van der Waals surface area (Å²) in [4.78, 5) is 16.9. The molecule has 1 aromatic rings. The molecule has 2 heterocycles. The van der Waals surface area contributed by atoms with Crippen molar-refractivity contribution in [2.24, 2.45) is 0 Å². The van der Waals surface area contributed by atoms with E-state index < -0.39 is 0 Å². The predicted octanol–water partition coefficient (Wildman–Crippen LogP) is 1.37. The lowest BCUT2D eigenvalue weighted by molar-refractivity contribution is 0.252. The molecule has 2 amide bonds. The molecule has 68 valence electrons. The predicted molar refractivity (Wildman–Crippen MR) is 52.7 cm³/mol. The number of urea groups is 1. The van der Waals surface area contributed by atoms with Gasteiger partial charge in [0.2, 0.25) is 0 Å². The molecular formula is C8H8BrN3O. The molecule has 0 radical (unpaired) electrons. The minimum absolute atomic E-state index is 0.0492. The number of hydrogen-bond donors (Lipinski definition) is 1. The number of nitrogens with one attached hydrogen (secondary N) is 1. The Morgan fingerprint density at radius 1 is 1.62 bits per heavy atom. The van der Waals surface area contributed by atoms with Crippen LogP contribution in [0.25, 0.3) is 0 Å². The topological polar surface area (TPSA) is 45.2 Å². The zero-order valence-electron chi connectivity index (χ0n) is 6.83. The molecule has 1 saturated heterocycles. The monoisotopic (exact) mass is 241 g/mol. The summed E-state index contributed by atoms with van der Waals surface area (Å²) in [6.07, 6.45) is 3.35. The summed E-state index contributed by atoms with van der Waals surface area (Å²) in [6.45, 7) is 1.41. The Balaban J connectivity index is 2.34. The van der Waals surface area contributed by atoms with Gasteiger partial charge in [-0.05, 0) is 22.0 Å². The number of anilines is 1. The number of carbonyl (C=O) groups excluding carboxylic acids is 1. The fraction of sp³-hybridized carbons (Fsp3) is 0.250. The van der Waals surface area contributed by atoms with Crippen LogP contribution >= 0.6 is 15.9 Å². The third kappa shape index (κ3) is 1.51. The Hall–Kier alpha value is -1.10. The van der Waals surface area contributed by atoms with Gasteiger partial charge in [-0.15, -0.1) is 0 Å². The van der Waals surface area contributed by atoms with Crippen LogP contribution in [0.2, 0.25) is 0 Å². The summed E-state index contributed by atoms with van der Waals surface area (Å²) in [6, 6.07) is 1.77. The van der Waals surface area contributed by atoms with Crippen LogP contribution in [0.1, 0.15) is 0 Å². The zero-order chi connectivity index (χ0) is 9.26. The average Bonchev–Trinajstić information content (AvgIpc) is 2.52. The van der Waals surface area contributed by atoms with E-state index in [1.807, 2.05) is 6.07 Å². The quantitative estimate of drug-likeness (QED) is 0.808. The van der Waals surface area contributed by atoms with Crippen LogP contribution in [0.5, 0.6) is 0 Å². The highest BCUT2D eigenvalue weighted by Crippen LogP contribution is 2.25. The van der Waals surface area contributed by atoms with Crippen LogP contribution < -0.4 is 10.2 Å². The van der Waals surface area contributed by atoms with Crippen LogP contribution in [-0.2, 0) is 0 Å². The van der Waals surface area contributed by atoms with E-state index in [0.29, 0.717) is 13.1 Å². The van der Waals surface area contributed by atoms with Crippen LogP contribution in [0.4, 0.5) is 10.5 Å². The number of amides is 2. The third-order valence-corrected chi connectivity index (χ3v) is 2.51. The molecule has 0 atom stereocenters. The van der Waals surface area contributed by atoms with E-state index in [9.17, 15) is 4.79 Å². The van der Waals surface area contributed by atoms with Crippen molar-refractivity contribution in [2.45, 2.75) is 0 Å². The smallest absolute Gasteiger partial charge is 0.322 e. The van der Waals surface area contributed by atoms with Gasteiger partial charge in [0.15, 0.2) is 0 Å². The molecule has 5 heteroatoms. The molecule has 1 fully saturated rings. The number of halogens is 1. The largest absolute Gasteiger partial charge is 0.336 e. The average molecular weight is 242 g/mol. The molecule has 1 aliphatic rings. The van der Waals surface area contributed by atoms with Gasteiger partial charge in [-0.2, -0.15) is 0 Å². The van der Waals surface area contributed by atoms with Crippen molar-refractivity contribution in [3.05, 3.63) is 22.9 Å². The summed E-state index contributed by atoms with van der Waals surface area (Å²) in [7, 11) is 0. The molecule has 13 heavy (non-hydrogen) atoms. The second-order valence-electron chi connectivity index (χ2n) is 2.71. The summed E-state index contributed by atoms with van der Waals surface area (Å²) < 4.78 is 0.840. The Labute approximate surface area is 84.1 Å². The first-order chi connectivity index (χ1) is 6.29. The van der Waals surface area contributed by atoms with Crippen molar-refractivity contribution >= 4 is 27.6 Å². The maximum Gasteiger partial charge on any atom is 0.322 e. The van der Waals surface area contributed by atoms with Gasteiger partial charge in [-0.25, -0.2) is 4.79 Å². The summed E-state index contributed by atoms with van der Waals surface area (Å²) in [5.74, 6) is 0. The highest BCUT2D eigenvalue weighted by Gasteiger charge is 2.22. The number of hydrogen-bond acceptors (Lipinski definition) is 2. The Bertz CT molecular complexity index is 342. The van der Waals surface area contributed by atoms with Crippen molar-refractivity contribution in [2.75, 3.05) is 18.0 Å². The van der Waals surface area contributed by atoms with Gasteiger partial charge in [0.25, 0.3) is 0 Å². The summed E-state index contributed by atoms with van der Waals surface area (Å²) in [5, 5.41) is 2.74. The van der Waals surface area contributed by atoms with E-state index in [2.05, 4.69) is 26.2 Å². The molecule has 1 N–H and O–H groups in total. The van der Waals surface area contributed by atoms with E-state index >= 15 is 0 Å². The van der Waals surface area contributed by atoms with Gasteiger partial charge < -0.3 is 5.32 Å². The van der Waals surface area contributed by atoms with Crippen molar-refractivity contribution < 1.29 is 4.79 Å². The lowest BCUT2D eigenvalue weighted by atomic mass is 10.4. The highest BCUT2D eigenvalue weighted by molar-refractivity contribution is 9.10. The van der Waals surface area contributed by atoms with E-state index in [-0.39, 0.29) is 6.03 Å². The number of carbonyl (C=O) groups is 1. The first kappa shape index (κ1) is 8.50. The number of pyridine rings is 1. The normalized spacial score (nSPS) is 16.1. The van der Waals surface area contributed by atoms with Crippen LogP contribution in [0.15, 0.2) is 22.9 Å². The standard InChI is InChI=1S/C8H8BrN3O/c9-6-5-10-2-1-7(6)12-4-3-11-8(12)13/h1-2,5H,3-4H2,(H,11,13). The first-order valence-electron chi connectivity index (χ1n) is 3.94. The molecule has 0 saturated carbocycles.